The van der Waals surface area contributed by atoms with Crippen LogP contribution in [0.15, 0.2) is 35.4 Å². The predicted octanol–water partition coefficient (Wildman–Crippen LogP) is 1.96. The molecule has 2 aromatic rings. The molecule has 0 atom stereocenters. The number of ether oxygens (including phenoxy) is 2. The molecule has 0 saturated heterocycles. The third-order valence-electron chi connectivity index (χ3n) is 4.14. The first-order valence-electron chi connectivity index (χ1n) is 8.43. The summed E-state index contributed by atoms with van der Waals surface area (Å²) in [5.41, 5.74) is 1.32. The van der Waals surface area contributed by atoms with Crippen molar-refractivity contribution in [3.8, 4) is 11.5 Å². The largest absolute Gasteiger partial charge is 0.497 e. The van der Waals surface area contributed by atoms with Gasteiger partial charge >= 0.3 is 6.03 Å². The molecule has 8 nitrogen and oxygen atoms in total. The Bertz CT molecular complexity index is 823. The predicted molar refractivity (Wildman–Crippen MR) is 97.0 cm³/mol. The number of urea groups is 1. The minimum absolute atomic E-state index is 0.0957. The number of anilines is 1. The van der Waals surface area contributed by atoms with Gasteiger partial charge < -0.3 is 20.1 Å². The van der Waals surface area contributed by atoms with Gasteiger partial charge in [0, 0.05) is 49.0 Å². The molecular weight excluding hydrogens is 336 g/mol. The van der Waals surface area contributed by atoms with Gasteiger partial charge in [0.1, 0.15) is 11.5 Å². The third-order valence-corrected chi connectivity index (χ3v) is 4.14. The van der Waals surface area contributed by atoms with E-state index < -0.39 is 0 Å². The molecule has 1 aromatic heterocycles. The zero-order valence-electron chi connectivity index (χ0n) is 14.8. The van der Waals surface area contributed by atoms with E-state index in [-0.39, 0.29) is 11.6 Å². The van der Waals surface area contributed by atoms with Gasteiger partial charge in [-0.1, -0.05) is 0 Å². The van der Waals surface area contributed by atoms with Gasteiger partial charge in [-0.05, 0) is 12.8 Å². The first-order valence-corrected chi connectivity index (χ1v) is 8.43. The van der Waals surface area contributed by atoms with E-state index in [1.807, 2.05) is 0 Å². The molecule has 0 unspecified atom stereocenters. The van der Waals surface area contributed by atoms with E-state index in [0.717, 1.165) is 18.5 Å². The Balaban J connectivity index is 1.52. The lowest BCUT2D eigenvalue weighted by atomic mass is 10.3. The average Bonchev–Trinajstić information content (AvgIpc) is 3.47. The highest BCUT2D eigenvalue weighted by molar-refractivity contribution is 5.89. The van der Waals surface area contributed by atoms with Crippen LogP contribution in [0.1, 0.15) is 24.5 Å². The summed E-state index contributed by atoms with van der Waals surface area (Å²) in [6.07, 6.45) is 3.75. The van der Waals surface area contributed by atoms with E-state index in [1.165, 1.54) is 4.57 Å². The van der Waals surface area contributed by atoms with Gasteiger partial charge in [0.2, 0.25) is 0 Å². The van der Waals surface area contributed by atoms with Crippen LogP contribution in [0.2, 0.25) is 0 Å². The van der Waals surface area contributed by atoms with Crippen LogP contribution in [0, 0.1) is 0 Å². The van der Waals surface area contributed by atoms with Crippen LogP contribution >= 0.6 is 0 Å². The van der Waals surface area contributed by atoms with Gasteiger partial charge in [0.15, 0.2) is 0 Å². The second-order valence-electron chi connectivity index (χ2n) is 6.10. The molecular formula is C18H22N4O4. The summed E-state index contributed by atoms with van der Waals surface area (Å²) in [6.45, 7) is 0.656. The molecule has 8 heteroatoms. The summed E-state index contributed by atoms with van der Waals surface area (Å²) in [5, 5.41) is 5.42. The fourth-order valence-electron chi connectivity index (χ4n) is 2.56. The molecule has 138 valence electrons. The Morgan fingerprint density at radius 2 is 1.88 bits per heavy atom. The molecule has 1 heterocycles. The van der Waals surface area contributed by atoms with Crippen LogP contribution in [0.4, 0.5) is 10.5 Å². The number of carbonyl (C=O) groups excluding carboxylic acids is 1. The van der Waals surface area contributed by atoms with Crippen LogP contribution in [-0.2, 0) is 6.54 Å². The minimum Gasteiger partial charge on any atom is -0.497 e. The van der Waals surface area contributed by atoms with E-state index >= 15 is 0 Å². The summed E-state index contributed by atoms with van der Waals surface area (Å²) in [4.78, 5) is 28.4. The summed E-state index contributed by atoms with van der Waals surface area (Å²) in [6, 6.07) is 6.30. The highest BCUT2D eigenvalue weighted by Gasteiger charge is 2.25. The SMILES string of the molecule is COc1cc(NC(=O)NCCn2cnc(C3CC3)cc2=O)cc(OC)c1. The zero-order valence-corrected chi connectivity index (χ0v) is 14.8. The molecule has 0 aliphatic heterocycles. The van der Waals surface area contributed by atoms with E-state index in [9.17, 15) is 9.59 Å². The van der Waals surface area contributed by atoms with E-state index in [1.54, 1.807) is 44.8 Å². The second kappa shape index (κ2) is 7.90. The van der Waals surface area contributed by atoms with Gasteiger partial charge in [-0.25, -0.2) is 9.78 Å². The quantitative estimate of drug-likeness (QED) is 0.789. The maximum absolute atomic E-state index is 12.0. The van der Waals surface area contributed by atoms with Crippen molar-refractivity contribution in [3.63, 3.8) is 0 Å². The molecule has 3 rings (SSSR count). The van der Waals surface area contributed by atoms with Gasteiger partial charge in [-0.3, -0.25) is 9.36 Å². The van der Waals surface area contributed by atoms with Crippen LogP contribution in [0.3, 0.4) is 0 Å². The molecule has 1 saturated carbocycles. The topological polar surface area (TPSA) is 94.5 Å². The minimum atomic E-state index is -0.379. The molecule has 0 spiro atoms. The standard InChI is InChI=1S/C18H22N4O4/c1-25-14-7-13(8-15(9-14)26-2)21-18(24)19-5-6-22-11-20-16(10-17(22)23)12-3-4-12/h7-12H,3-6H2,1-2H3,(H2,19,21,24). The van der Waals surface area contributed by atoms with E-state index in [0.29, 0.717) is 36.2 Å². The van der Waals surface area contributed by atoms with Crippen molar-refractivity contribution in [3.05, 3.63) is 46.6 Å². The van der Waals surface area contributed by atoms with Crippen molar-refractivity contribution in [2.24, 2.45) is 0 Å². The van der Waals surface area contributed by atoms with Gasteiger partial charge in [0.25, 0.3) is 5.56 Å². The normalized spacial score (nSPS) is 13.2. The number of hydrogen-bond donors (Lipinski definition) is 2. The molecule has 2 N–H and O–H groups in total. The summed E-state index contributed by atoms with van der Waals surface area (Å²) in [7, 11) is 3.08. The van der Waals surface area contributed by atoms with Crippen molar-refractivity contribution >= 4 is 11.7 Å². The van der Waals surface area contributed by atoms with Gasteiger partial charge in [0.05, 0.1) is 26.2 Å². The number of nitrogens with zero attached hydrogens (tertiary/aromatic N) is 2. The van der Waals surface area contributed by atoms with Crippen molar-refractivity contribution < 1.29 is 14.3 Å². The smallest absolute Gasteiger partial charge is 0.319 e. The number of amides is 2. The van der Waals surface area contributed by atoms with Crippen LogP contribution in [0.25, 0.3) is 0 Å². The Labute approximate surface area is 151 Å². The maximum atomic E-state index is 12.0. The highest BCUT2D eigenvalue weighted by atomic mass is 16.5. The Morgan fingerprint density at radius 3 is 2.46 bits per heavy atom. The third kappa shape index (κ3) is 4.53. The Morgan fingerprint density at radius 1 is 1.19 bits per heavy atom. The summed E-state index contributed by atoms with van der Waals surface area (Å²) >= 11 is 0. The molecule has 2 amide bonds. The van der Waals surface area contributed by atoms with Gasteiger partial charge in [-0.15, -0.1) is 0 Å². The zero-order chi connectivity index (χ0) is 18.5. The van der Waals surface area contributed by atoms with Crippen LogP contribution < -0.4 is 25.7 Å². The molecule has 26 heavy (non-hydrogen) atoms. The number of methoxy groups -OCH3 is 2. The highest BCUT2D eigenvalue weighted by Crippen LogP contribution is 2.38. The number of hydrogen-bond acceptors (Lipinski definition) is 5. The van der Waals surface area contributed by atoms with Crippen molar-refractivity contribution in [2.75, 3.05) is 26.1 Å². The number of nitrogens with one attached hydrogen (secondary N) is 2. The van der Waals surface area contributed by atoms with Crippen LogP contribution in [-0.4, -0.2) is 36.3 Å². The number of carbonyl (C=O) groups is 1. The maximum Gasteiger partial charge on any atom is 0.319 e. The molecule has 1 aromatic carbocycles. The lowest BCUT2D eigenvalue weighted by molar-refractivity contribution is 0.251. The van der Waals surface area contributed by atoms with Crippen LogP contribution in [0.5, 0.6) is 11.5 Å². The molecule has 0 radical (unpaired) electrons. The summed E-state index contributed by atoms with van der Waals surface area (Å²) < 4.78 is 11.8. The number of rotatable bonds is 7. The first kappa shape index (κ1) is 17.8. The van der Waals surface area contributed by atoms with Gasteiger partial charge in [-0.2, -0.15) is 0 Å². The molecule has 1 fully saturated rings. The number of aromatic nitrogens is 2. The molecule has 1 aliphatic rings. The molecule has 0 bridgehead atoms. The van der Waals surface area contributed by atoms with Crippen molar-refractivity contribution in [2.45, 2.75) is 25.3 Å². The Hall–Kier alpha value is -3.03. The van der Waals surface area contributed by atoms with Crippen molar-refractivity contribution in [1.82, 2.24) is 14.9 Å². The lowest BCUT2D eigenvalue weighted by Gasteiger charge is -2.11. The number of benzene rings is 1. The van der Waals surface area contributed by atoms with E-state index in [2.05, 4.69) is 15.6 Å². The first-order chi connectivity index (χ1) is 12.6. The summed E-state index contributed by atoms with van der Waals surface area (Å²) in [5.74, 6) is 1.60. The van der Waals surface area contributed by atoms with Crippen molar-refractivity contribution in [1.29, 1.82) is 0 Å². The monoisotopic (exact) mass is 358 g/mol. The Kier molecular flexibility index (Phi) is 5.40. The molecule has 1 aliphatic carbocycles. The fourth-order valence-corrected chi connectivity index (χ4v) is 2.56. The second-order valence-corrected chi connectivity index (χ2v) is 6.10. The lowest BCUT2D eigenvalue weighted by Crippen LogP contribution is -2.33. The average molecular weight is 358 g/mol. The fraction of sp³-hybridized carbons (Fsp3) is 0.389. The van der Waals surface area contributed by atoms with E-state index in [4.69, 9.17) is 9.47 Å².